The van der Waals surface area contributed by atoms with E-state index in [2.05, 4.69) is 19.9 Å². The van der Waals surface area contributed by atoms with Crippen LogP contribution in [0.2, 0.25) is 0 Å². The molecule has 1 aromatic rings. The van der Waals surface area contributed by atoms with Crippen molar-refractivity contribution >= 4 is 11.9 Å². The zero-order valence-electron chi connectivity index (χ0n) is 9.25. The predicted molar refractivity (Wildman–Crippen MR) is 54.0 cm³/mol. The van der Waals surface area contributed by atoms with E-state index in [4.69, 9.17) is 4.74 Å². The van der Waals surface area contributed by atoms with Crippen LogP contribution >= 0.6 is 0 Å². The first-order valence-corrected chi connectivity index (χ1v) is 5.06. The van der Waals surface area contributed by atoms with Gasteiger partial charge in [-0.15, -0.1) is 0 Å². The number of esters is 1. The summed E-state index contributed by atoms with van der Waals surface area (Å²) in [7, 11) is 1.28. The molecule has 8 nitrogen and oxygen atoms in total. The lowest BCUT2D eigenvalue weighted by Gasteiger charge is -2.30. The van der Waals surface area contributed by atoms with Crippen LogP contribution in [0.15, 0.2) is 6.33 Å². The number of carbonyl (C=O) groups is 2. The number of ether oxygens (including phenoxy) is 2. The zero-order chi connectivity index (χ0) is 12.3. The molecule has 1 fully saturated rings. The van der Waals surface area contributed by atoms with E-state index in [0.717, 1.165) is 0 Å². The second kappa shape index (κ2) is 4.91. The van der Waals surface area contributed by atoms with Gasteiger partial charge in [-0.3, -0.25) is 9.89 Å². The van der Waals surface area contributed by atoms with E-state index in [9.17, 15) is 9.59 Å². The molecule has 8 heteroatoms. The summed E-state index contributed by atoms with van der Waals surface area (Å²) in [5.41, 5.74) is 0. The molecule has 0 radical (unpaired) electrons. The van der Waals surface area contributed by atoms with Gasteiger partial charge in [0.2, 0.25) is 5.82 Å². The number of morpholine rings is 1. The maximum atomic E-state index is 11.9. The van der Waals surface area contributed by atoms with Crippen LogP contribution in [0.3, 0.4) is 0 Å². The smallest absolute Gasteiger partial charge is 0.336 e. The van der Waals surface area contributed by atoms with E-state index < -0.39 is 12.1 Å². The number of carbonyl (C=O) groups excluding carboxylic acids is 2. The number of methoxy groups -OCH3 is 1. The minimum Gasteiger partial charge on any atom is -0.467 e. The molecule has 0 aliphatic carbocycles. The fraction of sp³-hybridized carbons (Fsp3) is 0.556. The summed E-state index contributed by atoms with van der Waals surface area (Å²) in [6.07, 6.45) is 0.520. The topological polar surface area (TPSA) is 97.4 Å². The van der Waals surface area contributed by atoms with E-state index >= 15 is 0 Å². The molecule has 1 N–H and O–H groups in total. The summed E-state index contributed by atoms with van der Waals surface area (Å²) >= 11 is 0. The van der Waals surface area contributed by atoms with Crippen molar-refractivity contribution in [1.82, 2.24) is 20.1 Å². The molecule has 2 rings (SSSR count). The van der Waals surface area contributed by atoms with Gasteiger partial charge >= 0.3 is 5.97 Å². The molecular formula is C9H12N4O4. The lowest BCUT2D eigenvalue weighted by molar-refractivity contribution is -0.158. The number of hydrogen-bond donors (Lipinski definition) is 1. The average molecular weight is 240 g/mol. The largest absolute Gasteiger partial charge is 0.467 e. The highest BCUT2D eigenvalue weighted by Gasteiger charge is 2.31. The van der Waals surface area contributed by atoms with Gasteiger partial charge in [-0.05, 0) is 0 Å². The molecule has 0 aromatic carbocycles. The first-order valence-electron chi connectivity index (χ1n) is 5.06. The first kappa shape index (κ1) is 11.5. The predicted octanol–water partition coefficient (Wildman–Crippen LogP) is -1.18. The van der Waals surface area contributed by atoms with Crippen molar-refractivity contribution < 1.29 is 19.1 Å². The maximum absolute atomic E-state index is 11.9. The fourth-order valence-electron chi connectivity index (χ4n) is 1.57. The van der Waals surface area contributed by atoms with Gasteiger partial charge in [0.1, 0.15) is 6.33 Å². The molecule has 0 bridgehead atoms. The molecule has 0 spiro atoms. The number of amides is 1. The Kier molecular flexibility index (Phi) is 3.33. The van der Waals surface area contributed by atoms with Crippen molar-refractivity contribution in [2.75, 3.05) is 26.8 Å². The van der Waals surface area contributed by atoms with E-state index in [1.54, 1.807) is 0 Å². The molecule has 1 atom stereocenters. The SMILES string of the molecule is COC(=O)C1CN(C(=O)c2ncn[nH]2)CCO1. The Hall–Kier alpha value is -1.96. The molecule has 1 saturated heterocycles. The minimum atomic E-state index is -0.736. The Labute approximate surface area is 96.9 Å². The Bertz CT molecular complexity index is 405. The lowest BCUT2D eigenvalue weighted by Crippen LogP contribution is -2.49. The Morgan fingerprint density at radius 3 is 3.12 bits per heavy atom. The van der Waals surface area contributed by atoms with Crippen molar-refractivity contribution in [1.29, 1.82) is 0 Å². The van der Waals surface area contributed by atoms with Crippen LogP contribution in [0.5, 0.6) is 0 Å². The summed E-state index contributed by atoms with van der Waals surface area (Å²) in [5, 5.41) is 6.08. The van der Waals surface area contributed by atoms with Crippen molar-refractivity contribution in [3.05, 3.63) is 12.2 Å². The van der Waals surface area contributed by atoms with Gasteiger partial charge in [-0.25, -0.2) is 9.78 Å². The van der Waals surface area contributed by atoms with Crippen LogP contribution in [-0.4, -0.2) is 64.9 Å². The van der Waals surface area contributed by atoms with Crippen molar-refractivity contribution in [3.63, 3.8) is 0 Å². The normalized spacial score (nSPS) is 20.1. The summed E-state index contributed by atoms with van der Waals surface area (Å²) < 4.78 is 9.78. The van der Waals surface area contributed by atoms with Crippen LogP contribution in [0.4, 0.5) is 0 Å². The Morgan fingerprint density at radius 2 is 2.47 bits per heavy atom. The molecule has 2 heterocycles. The molecule has 92 valence electrons. The number of nitrogens with zero attached hydrogens (tertiary/aromatic N) is 3. The second-order valence-electron chi connectivity index (χ2n) is 3.47. The van der Waals surface area contributed by atoms with Crippen LogP contribution in [0.25, 0.3) is 0 Å². The molecule has 1 aromatic heterocycles. The highest BCUT2D eigenvalue weighted by Crippen LogP contribution is 2.09. The van der Waals surface area contributed by atoms with Crippen molar-refractivity contribution in [3.8, 4) is 0 Å². The number of H-pyrrole nitrogens is 1. The third kappa shape index (κ3) is 2.41. The van der Waals surface area contributed by atoms with Crippen molar-refractivity contribution in [2.24, 2.45) is 0 Å². The number of rotatable bonds is 2. The quantitative estimate of drug-likeness (QED) is 0.653. The van der Waals surface area contributed by atoms with E-state index in [1.165, 1.54) is 18.3 Å². The Morgan fingerprint density at radius 1 is 1.65 bits per heavy atom. The third-order valence-corrected chi connectivity index (χ3v) is 2.44. The highest BCUT2D eigenvalue weighted by atomic mass is 16.6. The van der Waals surface area contributed by atoms with Crippen LogP contribution in [-0.2, 0) is 14.3 Å². The molecular weight excluding hydrogens is 228 g/mol. The molecule has 1 unspecified atom stereocenters. The van der Waals surface area contributed by atoms with Gasteiger partial charge in [0.25, 0.3) is 5.91 Å². The van der Waals surface area contributed by atoms with E-state index in [-0.39, 0.29) is 18.3 Å². The molecule has 1 aliphatic heterocycles. The van der Waals surface area contributed by atoms with Gasteiger partial charge in [0, 0.05) is 6.54 Å². The highest BCUT2D eigenvalue weighted by molar-refractivity contribution is 5.90. The van der Waals surface area contributed by atoms with E-state index in [0.29, 0.717) is 13.2 Å². The van der Waals surface area contributed by atoms with Crippen molar-refractivity contribution in [2.45, 2.75) is 6.10 Å². The average Bonchev–Trinajstić information content (AvgIpc) is 2.91. The minimum absolute atomic E-state index is 0.149. The summed E-state index contributed by atoms with van der Waals surface area (Å²) in [5.74, 6) is -0.643. The number of nitrogens with one attached hydrogen (secondary N) is 1. The van der Waals surface area contributed by atoms with Gasteiger partial charge in [-0.2, -0.15) is 5.10 Å². The van der Waals surface area contributed by atoms with Crippen LogP contribution < -0.4 is 0 Å². The van der Waals surface area contributed by atoms with Gasteiger partial charge in [0.05, 0.1) is 20.3 Å². The van der Waals surface area contributed by atoms with Gasteiger partial charge in [-0.1, -0.05) is 0 Å². The lowest BCUT2D eigenvalue weighted by atomic mass is 10.2. The monoisotopic (exact) mass is 240 g/mol. The zero-order valence-corrected chi connectivity index (χ0v) is 9.25. The summed E-state index contributed by atoms with van der Waals surface area (Å²) in [6.45, 7) is 0.860. The van der Waals surface area contributed by atoms with Gasteiger partial charge < -0.3 is 14.4 Å². The molecule has 1 aliphatic rings. The van der Waals surface area contributed by atoms with Gasteiger partial charge in [0.15, 0.2) is 6.10 Å². The second-order valence-corrected chi connectivity index (χ2v) is 3.47. The number of aromatic amines is 1. The fourth-order valence-corrected chi connectivity index (χ4v) is 1.57. The Balaban J connectivity index is 2.02. The molecule has 17 heavy (non-hydrogen) atoms. The van der Waals surface area contributed by atoms with Crippen LogP contribution in [0, 0.1) is 0 Å². The number of hydrogen-bond acceptors (Lipinski definition) is 6. The third-order valence-electron chi connectivity index (χ3n) is 2.44. The standard InChI is InChI=1S/C9H12N4O4/c1-16-9(15)6-4-13(2-3-17-6)8(14)7-10-5-11-12-7/h5-6H,2-4H2,1H3,(H,10,11,12). The molecule has 0 saturated carbocycles. The molecule has 1 amide bonds. The number of aromatic nitrogens is 3. The first-order chi connectivity index (χ1) is 8.22. The maximum Gasteiger partial charge on any atom is 0.336 e. The van der Waals surface area contributed by atoms with Crippen LogP contribution in [0.1, 0.15) is 10.6 Å². The van der Waals surface area contributed by atoms with E-state index in [1.807, 2.05) is 0 Å². The summed E-state index contributed by atoms with van der Waals surface area (Å²) in [6, 6.07) is 0. The summed E-state index contributed by atoms with van der Waals surface area (Å²) in [4.78, 5) is 28.4.